The van der Waals surface area contributed by atoms with Crippen LogP contribution in [0.3, 0.4) is 0 Å². The monoisotopic (exact) mass is 280 g/mol. The first-order valence-electron chi connectivity index (χ1n) is 3.57. The molecular weight excluding hydrogens is 275 g/mol. The number of rotatable bonds is 2. The molecule has 1 rings (SSSR count). The Labute approximate surface area is 89.3 Å². The molecule has 1 aromatic carbocycles. The van der Waals surface area contributed by atoms with Crippen LogP contribution in [0.15, 0.2) is 27.6 Å². The van der Waals surface area contributed by atoms with E-state index in [1.54, 1.807) is 0 Å². The van der Waals surface area contributed by atoms with E-state index in [0.717, 1.165) is 12.1 Å². The number of ketones is 1. The van der Waals surface area contributed by atoms with Gasteiger partial charge in [0.15, 0.2) is 5.78 Å². The summed E-state index contributed by atoms with van der Waals surface area (Å²) in [7, 11) is -4.75. The van der Waals surface area contributed by atoms with Crippen LogP contribution < -0.4 is 0 Å². The third kappa shape index (κ3) is 2.39. The predicted molar refractivity (Wildman–Crippen MR) is 52.4 cm³/mol. The zero-order valence-electron chi connectivity index (χ0n) is 7.12. The van der Waals surface area contributed by atoms with Crippen LogP contribution in [0, 0.1) is 0 Å². The Morgan fingerprint density at radius 2 is 2.00 bits per heavy atom. The molecule has 0 saturated heterocycles. The van der Waals surface area contributed by atoms with Crippen molar-refractivity contribution in [2.45, 2.75) is 11.8 Å². The fourth-order valence-corrected chi connectivity index (χ4v) is 1.94. The number of Topliss-reactive ketones (excluding diaryl/α,β-unsaturated/α-hetero) is 1. The van der Waals surface area contributed by atoms with Gasteiger partial charge in [0.25, 0.3) is 0 Å². The van der Waals surface area contributed by atoms with Crippen molar-refractivity contribution in [3.8, 4) is 0 Å². The van der Waals surface area contributed by atoms with E-state index in [-0.39, 0.29) is 11.3 Å². The molecule has 14 heavy (non-hydrogen) atoms. The van der Waals surface area contributed by atoms with Crippen LogP contribution in [0.4, 0.5) is 3.89 Å². The smallest absolute Gasteiger partial charge is 0.294 e. The van der Waals surface area contributed by atoms with Gasteiger partial charge in [-0.2, -0.15) is 8.42 Å². The zero-order valence-corrected chi connectivity index (χ0v) is 9.52. The number of hydrogen-bond acceptors (Lipinski definition) is 3. The first-order valence-corrected chi connectivity index (χ1v) is 5.75. The Hall–Kier alpha value is -0.750. The molecule has 0 radical (unpaired) electrons. The van der Waals surface area contributed by atoms with Crippen molar-refractivity contribution in [1.82, 2.24) is 0 Å². The molecule has 0 N–H and O–H groups in total. The third-order valence-electron chi connectivity index (χ3n) is 1.60. The van der Waals surface area contributed by atoms with Gasteiger partial charge >= 0.3 is 10.2 Å². The average Bonchev–Trinajstić information content (AvgIpc) is 2.02. The molecule has 0 aliphatic rings. The van der Waals surface area contributed by atoms with Crippen molar-refractivity contribution in [2.24, 2.45) is 0 Å². The fraction of sp³-hybridized carbons (Fsp3) is 0.125. The molecule has 0 saturated carbocycles. The zero-order chi connectivity index (χ0) is 10.9. The molecule has 0 unspecified atom stereocenters. The molecule has 0 aliphatic heterocycles. The summed E-state index contributed by atoms with van der Waals surface area (Å²) in [5.74, 6) is -0.331. The summed E-state index contributed by atoms with van der Waals surface area (Å²) >= 11 is 3.06. The minimum Gasteiger partial charge on any atom is -0.294 e. The van der Waals surface area contributed by atoms with Crippen LogP contribution in [0.1, 0.15) is 17.3 Å². The van der Waals surface area contributed by atoms with Gasteiger partial charge in [0, 0.05) is 10.0 Å². The highest BCUT2D eigenvalue weighted by Gasteiger charge is 2.15. The van der Waals surface area contributed by atoms with Crippen molar-refractivity contribution in [1.29, 1.82) is 0 Å². The van der Waals surface area contributed by atoms with Gasteiger partial charge in [0.2, 0.25) is 0 Å². The predicted octanol–water partition coefficient (Wildman–Crippen LogP) is 2.31. The number of carbonyl (C=O) groups excluding carboxylic acids is 1. The Kier molecular flexibility index (Phi) is 3.06. The first-order chi connectivity index (χ1) is 6.32. The van der Waals surface area contributed by atoms with Crippen molar-refractivity contribution in [3.05, 3.63) is 28.2 Å². The van der Waals surface area contributed by atoms with E-state index in [0.29, 0.717) is 4.47 Å². The molecule has 0 aromatic heterocycles. The lowest BCUT2D eigenvalue weighted by Crippen LogP contribution is -1.98. The molecule has 0 bridgehead atoms. The lowest BCUT2D eigenvalue weighted by molar-refractivity contribution is 0.101. The Balaban J connectivity index is 3.42. The standard InChI is InChI=1S/C8H6BrFO3S/c1-5(11)7-4-6(14(10,12)13)2-3-8(7)9/h2-4H,1H3. The van der Waals surface area contributed by atoms with Crippen LogP contribution in [0.2, 0.25) is 0 Å². The summed E-state index contributed by atoms with van der Waals surface area (Å²) in [5, 5.41) is 0. The molecule has 6 heteroatoms. The van der Waals surface area contributed by atoms with E-state index in [4.69, 9.17) is 0 Å². The maximum atomic E-state index is 12.5. The Morgan fingerprint density at radius 1 is 1.43 bits per heavy atom. The summed E-state index contributed by atoms with van der Waals surface area (Å²) in [6.45, 7) is 1.27. The van der Waals surface area contributed by atoms with Crippen LogP contribution >= 0.6 is 15.9 Å². The molecule has 0 amide bonds. The minimum atomic E-state index is -4.75. The number of hydrogen-bond donors (Lipinski definition) is 0. The largest absolute Gasteiger partial charge is 0.332 e. The highest BCUT2D eigenvalue weighted by Crippen LogP contribution is 2.22. The van der Waals surface area contributed by atoms with Gasteiger partial charge in [-0.15, -0.1) is 3.89 Å². The molecule has 1 aromatic rings. The lowest BCUT2D eigenvalue weighted by atomic mass is 10.1. The summed E-state index contributed by atoms with van der Waals surface area (Å²) in [4.78, 5) is 10.5. The number of benzene rings is 1. The van der Waals surface area contributed by atoms with Crippen LogP contribution in [0.5, 0.6) is 0 Å². The highest BCUT2D eigenvalue weighted by atomic mass is 79.9. The molecule has 0 spiro atoms. The van der Waals surface area contributed by atoms with Gasteiger partial charge in [-0.25, -0.2) is 0 Å². The van der Waals surface area contributed by atoms with Gasteiger partial charge in [0.05, 0.1) is 4.90 Å². The van der Waals surface area contributed by atoms with Gasteiger partial charge in [-0.1, -0.05) is 15.9 Å². The van der Waals surface area contributed by atoms with E-state index < -0.39 is 15.1 Å². The summed E-state index contributed by atoms with van der Waals surface area (Å²) < 4.78 is 34.0. The number of carbonyl (C=O) groups is 1. The molecule has 0 fully saturated rings. The highest BCUT2D eigenvalue weighted by molar-refractivity contribution is 9.10. The Morgan fingerprint density at radius 3 is 2.43 bits per heavy atom. The van der Waals surface area contributed by atoms with Crippen LogP contribution in [-0.2, 0) is 10.2 Å². The minimum absolute atomic E-state index is 0.142. The second-order valence-corrected chi connectivity index (χ2v) is 4.84. The lowest BCUT2D eigenvalue weighted by Gasteiger charge is -2.01. The molecule has 76 valence electrons. The summed E-state index contributed by atoms with van der Waals surface area (Å²) in [6, 6.07) is 3.41. The number of halogens is 2. The van der Waals surface area contributed by atoms with Gasteiger partial charge in [-0.3, -0.25) is 4.79 Å². The SMILES string of the molecule is CC(=O)c1cc(S(=O)(=O)F)ccc1Br. The van der Waals surface area contributed by atoms with Crippen LogP contribution in [-0.4, -0.2) is 14.2 Å². The van der Waals surface area contributed by atoms with E-state index >= 15 is 0 Å². The summed E-state index contributed by atoms with van der Waals surface area (Å²) in [5.41, 5.74) is 0.142. The van der Waals surface area contributed by atoms with Gasteiger partial charge in [-0.05, 0) is 25.1 Å². The van der Waals surface area contributed by atoms with E-state index in [1.165, 1.54) is 13.0 Å². The average molecular weight is 281 g/mol. The van der Waals surface area contributed by atoms with E-state index in [9.17, 15) is 17.1 Å². The van der Waals surface area contributed by atoms with Gasteiger partial charge < -0.3 is 0 Å². The molecule has 0 aliphatic carbocycles. The van der Waals surface area contributed by atoms with Crippen molar-refractivity contribution < 1.29 is 17.1 Å². The fourth-order valence-electron chi connectivity index (χ4n) is 0.926. The molecule has 3 nitrogen and oxygen atoms in total. The topological polar surface area (TPSA) is 51.2 Å². The maximum Gasteiger partial charge on any atom is 0.332 e. The van der Waals surface area contributed by atoms with E-state index in [1.807, 2.05) is 0 Å². The summed E-state index contributed by atoms with van der Waals surface area (Å²) in [6.07, 6.45) is 0. The van der Waals surface area contributed by atoms with Crippen molar-refractivity contribution in [3.63, 3.8) is 0 Å². The third-order valence-corrected chi connectivity index (χ3v) is 3.11. The second-order valence-electron chi connectivity index (χ2n) is 2.64. The second kappa shape index (κ2) is 3.78. The van der Waals surface area contributed by atoms with Gasteiger partial charge in [0.1, 0.15) is 0 Å². The molecule has 0 heterocycles. The molecular formula is C8H6BrFO3S. The van der Waals surface area contributed by atoms with Crippen molar-refractivity contribution >= 4 is 31.9 Å². The van der Waals surface area contributed by atoms with E-state index in [2.05, 4.69) is 15.9 Å². The quantitative estimate of drug-likeness (QED) is 0.617. The first kappa shape index (κ1) is 11.3. The van der Waals surface area contributed by atoms with Crippen LogP contribution in [0.25, 0.3) is 0 Å². The Bertz CT molecular complexity index is 481. The van der Waals surface area contributed by atoms with Crippen molar-refractivity contribution in [2.75, 3.05) is 0 Å². The maximum absolute atomic E-state index is 12.5. The molecule has 0 atom stereocenters. The normalized spacial score (nSPS) is 11.4.